The Morgan fingerprint density at radius 3 is 2.62 bits per heavy atom. The van der Waals surface area contributed by atoms with Crippen LogP contribution in [0, 0.1) is 5.92 Å². The number of ether oxygens (including phenoxy) is 2. The number of imidazole rings is 1. The van der Waals surface area contributed by atoms with Crippen LogP contribution in [-0.2, 0) is 14.3 Å². The molecule has 174 valence electrons. The third-order valence-electron chi connectivity index (χ3n) is 5.72. The van der Waals surface area contributed by atoms with E-state index in [-0.39, 0.29) is 17.9 Å². The van der Waals surface area contributed by atoms with Crippen molar-refractivity contribution in [2.45, 2.75) is 51.1 Å². The lowest BCUT2D eigenvalue weighted by atomic mass is 9.91. The minimum absolute atomic E-state index is 0.00963. The fourth-order valence-electron chi connectivity index (χ4n) is 3.87. The van der Waals surface area contributed by atoms with Gasteiger partial charge in [-0.1, -0.05) is 47.8 Å². The minimum Gasteiger partial charge on any atom is -0.453 e. The third-order valence-corrected chi connectivity index (χ3v) is 6.25. The van der Waals surface area contributed by atoms with Crippen molar-refractivity contribution in [3.05, 3.63) is 40.8 Å². The van der Waals surface area contributed by atoms with Gasteiger partial charge in [-0.15, -0.1) is 0 Å². The smallest absolute Gasteiger partial charge is 0.407 e. The molecule has 0 bridgehead atoms. The number of rotatable bonds is 9. The normalized spacial score (nSPS) is 16.2. The van der Waals surface area contributed by atoms with Crippen LogP contribution in [0.25, 0.3) is 11.3 Å². The number of halogens is 1. The SMILES string of the molecule is CCCCC(NC(=O)C(NC(=O)OC)C1CCOCC1)c1ncc(-c2ccc(Br)cc2)[nH]1. The molecule has 1 saturated heterocycles. The highest BCUT2D eigenvalue weighted by molar-refractivity contribution is 9.10. The molecule has 9 heteroatoms. The number of nitrogens with one attached hydrogen (secondary N) is 3. The molecule has 8 nitrogen and oxygen atoms in total. The number of aromatic amines is 1. The Hall–Kier alpha value is -2.39. The highest BCUT2D eigenvalue weighted by atomic mass is 79.9. The van der Waals surface area contributed by atoms with Crippen LogP contribution >= 0.6 is 15.9 Å². The van der Waals surface area contributed by atoms with Crippen LogP contribution in [0.1, 0.15) is 50.9 Å². The van der Waals surface area contributed by atoms with Gasteiger partial charge < -0.3 is 25.1 Å². The molecule has 2 heterocycles. The Balaban J connectivity index is 1.77. The molecule has 1 aromatic heterocycles. The van der Waals surface area contributed by atoms with Crippen LogP contribution in [0.4, 0.5) is 4.79 Å². The van der Waals surface area contributed by atoms with Gasteiger partial charge in [0, 0.05) is 17.7 Å². The molecule has 2 unspecified atom stereocenters. The first-order valence-corrected chi connectivity index (χ1v) is 11.8. The molecule has 2 amide bonds. The Labute approximate surface area is 197 Å². The Morgan fingerprint density at radius 1 is 1.25 bits per heavy atom. The van der Waals surface area contributed by atoms with Gasteiger partial charge in [-0.3, -0.25) is 4.79 Å². The molecule has 0 radical (unpaired) electrons. The second-order valence-electron chi connectivity index (χ2n) is 7.96. The average Bonchev–Trinajstić information content (AvgIpc) is 3.31. The molecule has 3 N–H and O–H groups in total. The third kappa shape index (κ3) is 6.56. The van der Waals surface area contributed by atoms with Gasteiger partial charge in [0.25, 0.3) is 0 Å². The van der Waals surface area contributed by atoms with Crippen molar-refractivity contribution >= 4 is 27.9 Å². The van der Waals surface area contributed by atoms with E-state index in [0.717, 1.165) is 35.0 Å². The van der Waals surface area contributed by atoms with Crippen LogP contribution in [0.5, 0.6) is 0 Å². The highest BCUT2D eigenvalue weighted by Gasteiger charge is 2.33. The topological polar surface area (TPSA) is 105 Å². The maximum absolute atomic E-state index is 13.3. The van der Waals surface area contributed by atoms with E-state index in [0.29, 0.717) is 31.9 Å². The van der Waals surface area contributed by atoms with Crippen molar-refractivity contribution in [1.29, 1.82) is 0 Å². The highest BCUT2D eigenvalue weighted by Crippen LogP contribution is 2.25. The molecule has 1 aliphatic heterocycles. The van der Waals surface area contributed by atoms with E-state index in [1.165, 1.54) is 7.11 Å². The van der Waals surface area contributed by atoms with Crippen LogP contribution in [-0.4, -0.2) is 48.3 Å². The molecule has 32 heavy (non-hydrogen) atoms. The first kappa shape index (κ1) is 24.3. The molecular formula is C23H31BrN4O4. The van der Waals surface area contributed by atoms with E-state index in [1.54, 1.807) is 6.20 Å². The monoisotopic (exact) mass is 506 g/mol. The second kappa shape index (κ2) is 12.0. The van der Waals surface area contributed by atoms with Crippen molar-refractivity contribution in [3.63, 3.8) is 0 Å². The van der Waals surface area contributed by atoms with Crippen LogP contribution in [0.3, 0.4) is 0 Å². The molecule has 2 atom stereocenters. The standard InChI is InChI=1S/C23H31BrN4O4/c1-3-4-5-18(21-25-14-19(26-21)15-6-8-17(24)9-7-15)27-22(29)20(28-23(30)31-2)16-10-12-32-13-11-16/h6-9,14,16,18,20H,3-5,10-13H2,1-2H3,(H,25,26)(H,27,29)(H,28,30). The van der Waals surface area contributed by atoms with E-state index in [1.807, 2.05) is 24.3 Å². The summed E-state index contributed by atoms with van der Waals surface area (Å²) < 4.78 is 11.2. The fraction of sp³-hybridized carbons (Fsp3) is 0.522. The number of H-pyrrole nitrogens is 1. The molecule has 0 aliphatic carbocycles. The zero-order valence-electron chi connectivity index (χ0n) is 18.5. The molecule has 3 rings (SSSR count). The fourth-order valence-corrected chi connectivity index (χ4v) is 4.13. The maximum Gasteiger partial charge on any atom is 0.407 e. The summed E-state index contributed by atoms with van der Waals surface area (Å²) in [6.45, 7) is 3.26. The van der Waals surface area contributed by atoms with Crippen molar-refractivity contribution in [2.24, 2.45) is 5.92 Å². The number of unbranched alkanes of at least 4 members (excludes halogenated alkanes) is 1. The Morgan fingerprint density at radius 2 is 1.97 bits per heavy atom. The Bertz CT molecular complexity index is 880. The number of hydrogen-bond donors (Lipinski definition) is 3. The molecule has 0 spiro atoms. The number of carbonyl (C=O) groups is 2. The lowest BCUT2D eigenvalue weighted by Crippen LogP contribution is -2.52. The number of amides is 2. The van der Waals surface area contributed by atoms with Crippen molar-refractivity contribution < 1.29 is 19.1 Å². The number of benzene rings is 1. The molecule has 1 aliphatic rings. The number of methoxy groups -OCH3 is 1. The number of carbonyl (C=O) groups excluding carboxylic acids is 2. The van der Waals surface area contributed by atoms with E-state index < -0.39 is 12.1 Å². The summed E-state index contributed by atoms with van der Waals surface area (Å²) in [5.74, 6) is 0.461. The summed E-state index contributed by atoms with van der Waals surface area (Å²) in [5, 5.41) is 5.84. The van der Waals surface area contributed by atoms with Crippen molar-refractivity contribution in [2.75, 3.05) is 20.3 Å². The lowest BCUT2D eigenvalue weighted by molar-refractivity contribution is -0.126. The van der Waals surface area contributed by atoms with Crippen LogP contribution < -0.4 is 10.6 Å². The quantitative estimate of drug-likeness (QED) is 0.469. The number of alkyl carbamates (subject to hydrolysis) is 1. The Kier molecular flexibility index (Phi) is 9.11. The zero-order valence-corrected chi connectivity index (χ0v) is 20.1. The first-order chi connectivity index (χ1) is 15.5. The summed E-state index contributed by atoms with van der Waals surface area (Å²) in [5.41, 5.74) is 1.90. The van der Waals surface area contributed by atoms with Gasteiger partial charge in [-0.25, -0.2) is 9.78 Å². The molecule has 1 aromatic carbocycles. The molecular weight excluding hydrogens is 476 g/mol. The summed E-state index contributed by atoms with van der Waals surface area (Å²) in [4.78, 5) is 33.1. The summed E-state index contributed by atoms with van der Waals surface area (Å²) in [6, 6.07) is 6.99. The van der Waals surface area contributed by atoms with Gasteiger partial charge in [-0.05, 0) is 42.9 Å². The average molecular weight is 507 g/mol. The maximum atomic E-state index is 13.3. The van der Waals surface area contributed by atoms with E-state index in [9.17, 15) is 9.59 Å². The van der Waals surface area contributed by atoms with Crippen LogP contribution in [0.2, 0.25) is 0 Å². The molecule has 1 fully saturated rings. The minimum atomic E-state index is -0.684. The van der Waals surface area contributed by atoms with E-state index in [4.69, 9.17) is 9.47 Å². The number of aromatic nitrogens is 2. The lowest BCUT2D eigenvalue weighted by Gasteiger charge is -2.30. The predicted octanol–water partition coefficient (Wildman–Crippen LogP) is 4.34. The first-order valence-electron chi connectivity index (χ1n) is 11.0. The van der Waals surface area contributed by atoms with Gasteiger partial charge >= 0.3 is 6.09 Å². The van der Waals surface area contributed by atoms with Gasteiger partial charge in [0.05, 0.1) is 25.0 Å². The second-order valence-corrected chi connectivity index (χ2v) is 8.87. The summed E-state index contributed by atoms with van der Waals surface area (Å²) in [6.07, 6.45) is 5.26. The van der Waals surface area contributed by atoms with Gasteiger partial charge in [0.2, 0.25) is 5.91 Å². The molecule has 0 saturated carbocycles. The summed E-state index contributed by atoms with van der Waals surface area (Å²) in [7, 11) is 1.30. The van der Waals surface area contributed by atoms with Gasteiger partial charge in [0.15, 0.2) is 0 Å². The number of hydrogen-bond acceptors (Lipinski definition) is 5. The summed E-state index contributed by atoms with van der Waals surface area (Å²) >= 11 is 3.45. The van der Waals surface area contributed by atoms with Crippen molar-refractivity contribution in [3.8, 4) is 11.3 Å². The van der Waals surface area contributed by atoms with Crippen LogP contribution in [0.15, 0.2) is 34.9 Å². The number of nitrogens with zero attached hydrogens (tertiary/aromatic N) is 1. The van der Waals surface area contributed by atoms with Crippen molar-refractivity contribution in [1.82, 2.24) is 20.6 Å². The van der Waals surface area contributed by atoms with E-state index in [2.05, 4.69) is 43.5 Å². The largest absolute Gasteiger partial charge is 0.453 e. The predicted molar refractivity (Wildman–Crippen MR) is 125 cm³/mol. The van der Waals surface area contributed by atoms with E-state index >= 15 is 0 Å². The molecule has 2 aromatic rings. The van der Waals surface area contributed by atoms with Gasteiger partial charge in [0.1, 0.15) is 11.9 Å². The van der Waals surface area contributed by atoms with Gasteiger partial charge in [-0.2, -0.15) is 0 Å². The zero-order chi connectivity index (χ0) is 22.9.